The Labute approximate surface area is 545 Å². The smallest absolute Gasteiger partial charge is 0.410 e. The molecule has 2 aliphatic rings. The van der Waals surface area contributed by atoms with Crippen molar-refractivity contribution in [2.24, 2.45) is 41.1 Å². The Morgan fingerprint density at radius 1 is 0.739 bits per heavy atom. The standard InChI is InChI=1S/C63H101N13O15S/c1-16-40(10)55(46(89-14)31-51(81)76-29-20-22-45(76)56(90-15)41(11)57(64)82)71(12)61(86)53(38(6)7)70-60(85)54(39(8)9)72(13)63(88)91-32-42-23-25-43(26-24-42)67-58(83)44(21-19-28-66-62(65)87)68-59(84)52(37(4)5)69-47(77)33-92-30-27-50(80)75-35-73(48(78)17-2)34-74(36-75)49(79)18-3/h17-18,23-26,37-41,44-46,52-56H,2-3,16,19-22,27-36H2,1,4-15H3,(H2,64,82)(H,67,83)(H,68,84)(H,69,77)(H,70,85)(H3,65,66,87)/t40-,41+,44-,45-,46+,52-,53-,54-,55-,56+/m0/s1. The van der Waals surface area contributed by atoms with Crippen LogP contribution in [0.4, 0.5) is 15.3 Å². The van der Waals surface area contributed by atoms with E-state index >= 15 is 0 Å². The van der Waals surface area contributed by atoms with Gasteiger partial charge in [0.05, 0.1) is 62.4 Å². The molecule has 0 aliphatic carbocycles. The van der Waals surface area contributed by atoms with E-state index in [2.05, 4.69) is 39.7 Å². The number of nitrogens with one attached hydrogen (secondary N) is 5. The third kappa shape index (κ3) is 23.1. The zero-order chi connectivity index (χ0) is 69.3. The van der Waals surface area contributed by atoms with Crippen LogP contribution < -0.4 is 38.1 Å². The molecule has 0 saturated carbocycles. The number of urea groups is 1. The van der Waals surface area contributed by atoms with Gasteiger partial charge in [-0.1, -0.05) is 94.0 Å². The number of nitrogens with two attached hydrogens (primary N) is 2. The predicted octanol–water partition coefficient (Wildman–Crippen LogP) is 2.71. The molecule has 13 amide bonds. The number of thioether (sulfide) groups is 1. The summed E-state index contributed by atoms with van der Waals surface area (Å²) in [5.41, 5.74) is 11.7. The molecule has 1 aromatic rings. The number of rotatable bonds is 36. The van der Waals surface area contributed by atoms with Gasteiger partial charge in [-0.25, -0.2) is 9.59 Å². The Balaban J connectivity index is 1.66. The molecule has 3 rings (SSSR count). The van der Waals surface area contributed by atoms with Gasteiger partial charge in [0.1, 0.15) is 30.8 Å². The fourth-order valence-electron chi connectivity index (χ4n) is 11.2. The predicted molar refractivity (Wildman–Crippen MR) is 347 cm³/mol. The van der Waals surface area contributed by atoms with E-state index in [-0.39, 0.29) is 94.1 Å². The van der Waals surface area contributed by atoms with Crippen molar-refractivity contribution >= 4 is 88.6 Å². The van der Waals surface area contributed by atoms with Crippen molar-refractivity contribution in [3.63, 3.8) is 0 Å². The number of primary amides is 2. The molecule has 92 heavy (non-hydrogen) atoms. The van der Waals surface area contributed by atoms with Crippen molar-refractivity contribution < 1.29 is 71.7 Å². The largest absolute Gasteiger partial charge is 0.445 e. The maximum Gasteiger partial charge on any atom is 0.410 e. The fourth-order valence-corrected chi connectivity index (χ4v) is 12.0. The molecule has 0 spiro atoms. The van der Waals surface area contributed by atoms with Crippen LogP contribution in [0.5, 0.6) is 0 Å². The van der Waals surface area contributed by atoms with E-state index in [1.807, 2.05) is 13.8 Å². The summed E-state index contributed by atoms with van der Waals surface area (Å²) in [4.78, 5) is 167. The molecular weight excluding hydrogens is 1210 g/mol. The molecule has 0 unspecified atom stereocenters. The van der Waals surface area contributed by atoms with Gasteiger partial charge in [0.15, 0.2) is 0 Å². The number of ether oxygens (including phenoxy) is 3. The molecular formula is C63H101N13O15S. The van der Waals surface area contributed by atoms with Crippen LogP contribution in [-0.2, 0) is 68.8 Å². The molecule has 10 atom stereocenters. The van der Waals surface area contributed by atoms with Gasteiger partial charge in [-0.2, -0.15) is 11.8 Å². The zero-order valence-corrected chi connectivity index (χ0v) is 56.7. The Morgan fingerprint density at radius 2 is 1.34 bits per heavy atom. The number of benzene rings is 1. The van der Waals surface area contributed by atoms with Crippen molar-refractivity contribution in [3.8, 4) is 0 Å². The van der Waals surface area contributed by atoms with Crippen molar-refractivity contribution in [1.82, 2.24) is 50.7 Å². The molecule has 0 aromatic heterocycles. The molecule has 2 aliphatic heterocycles. The second-order valence-corrected chi connectivity index (χ2v) is 25.5. The lowest BCUT2D eigenvalue weighted by atomic mass is 9.89. The lowest BCUT2D eigenvalue weighted by Crippen LogP contribution is -2.60. The van der Waals surface area contributed by atoms with Gasteiger partial charge in [-0.3, -0.25) is 52.8 Å². The van der Waals surface area contributed by atoms with Crippen LogP contribution in [0.2, 0.25) is 0 Å². The van der Waals surface area contributed by atoms with Crippen LogP contribution in [0.25, 0.3) is 0 Å². The van der Waals surface area contributed by atoms with E-state index in [9.17, 15) is 57.5 Å². The molecule has 0 bridgehead atoms. The third-order valence-electron chi connectivity index (χ3n) is 16.6. The number of likely N-dealkylation sites (tertiary alicyclic amines) is 1. The molecule has 1 aromatic carbocycles. The summed E-state index contributed by atoms with van der Waals surface area (Å²) in [7, 11) is 6.03. The molecule has 2 heterocycles. The molecule has 2 saturated heterocycles. The van der Waals surface area contributed by atoms with Crippen molar-refractivity contribution in [2.75, 3.05) is 78.2 Å². The van der Waals surface area contributed by atoms with Crippen molar-refractivity contribution in [3.05, 3.63) is 55.1 Å². The number of methoxy groups -OCH3 is 2. The number of amides is 13. The number of carbonyl (C=O) groups is 12. The van der Waals surface area contributed by atoms with Crippen molar-refractivity contribution in [1.29, 1.82) is 0 Å². The quantitative estimate of drug-likeness (QED) is 0.0375. The molecule has 28 nitrogen and oxygen atoms in total. The zero-order valence-electron chi connectivity index (χ0n) is 55.9. The first kappa shape index (κ1) is 78.5. The third-order valence-corrected chi connectivity index (χ3v) is 17.6. The summed E-state index contributed by atoms with van der Waals surface area (Å²) in [6.07, 6.45) is 2.13. The summed E-state index contributed by atoms with van der Waals surface area (Å²) >= 11 is 1.13. The maximum absolute atomic E-state index is 14.7. The molecule has 2 fully saturated rings. The van der Waals surface area contributed by atoms with E-state index in [0.717, 1.165) is 28.8 Å². The van der Waals surface area contributed by atoms with Crippen LogP contribution in [0.1, 0.15) is 113 Å². The van der Waals surface area contributed by atoms with Gasteiger partial charge in [-0.05, 0) is 79.2 Å². The summed E-state index contributed by atoms with van der Waals surface area (Å²) in [6.45, 7) is 23.2. The highest BCUT2D eigenvalue weighted by Gasteiger charge is 2.44. The monoisotopic (exact) mass is 1310 g/mol. The maximum atomic E-state index is 14.7. The molecule has 9 N–H and O–H groups in total. The summed E-state index contributed by atoms with van der Waals surface area (Å²) in [6, 6.07) is 0.182. The molecule has 514 valence electrons. The molecule has 29 heteroatoms. The highest BCUT2D eigenvalue weighted by atomic mass is 32.2. The first-order chi connectivity index (χ1) is 43.4. The number of hydrogen-bond acceptors (Lipinski definition) is 16. The lowest BCUT2D eigenvalue weighted by Gasteiger charge is -2.41. The number of anilines is 1. The second-order valence-electron chi connectivity index (χ2n) is 24.4. The second kappa shape index (κ2) is 38.3. The Hall–Kier alpha value is -7.79. The lowest BCUT2D eigenvalue weighted by molar-refractivity contribution is -0.154. The number of carbonyl (C=O) groups excluding carboxylic acids is 12. The van der Waals surface area contributed by atoms with Gasteiger partial charge in [0.2, 0.25) is 59.1 Å². The summed E-state index contributed by atoms with van der Waals surface area (Å²) < 4.78 is 17.4. The van der Waals surface area contributed by atoms with E-state index in [4.69, 9.17) is 25.7 Å². The summed E-state index contributed by atoms with van der Waals surface area (Å²) in [5.74, 6) is -6.87. The van der Waals surface area contributed by atoms with Crippen LogP contribution >= 0.6 is 11.8 Å². The Bertz CT molecular complexity index is 2710. The van der Waals surface area contributed by atoms with E-state index in [1.54, 1.807) is 84.7 Å². The summed E-state index contributed by atoms with van der Waals surface area (Å²) in [5, 5.41) is 13.6. The average Bonchev–Trinajstić information content (AvgIpc) is 1.35. The number of hydrogen-bond donors (Lipinski definition) is 7. The van der Waals surface area contributed by atoms with Gasteiger partial charge in [0, 0.05) is 59.3 Å². The van der Waals surface area contributed by atoms with Crippen LogP contribution in [-0.4, -0.2) is 222 Å². The Morgan fingerprint density at radius 3 is 1.86 bits per heavy atom. The minimum atomic E-state index is -1.16. The van der Waals surface area contributed by atoms with Crippen LogP contribution in [0.15, 0.2) is 49.6 Å². The normalized spacial score (nSPS) is 17.0. The SMILES string of the molecule is C=CC(=O)N1CN(C(=O)C=C)CN(C(=O)CCSCC(=O)N[C@H](C(=O)N[C@@H](CCCNC(N)=O)C(=O)Nc2ccc(COC(=O)N(C)[C@H](C(=O)N[C@H](C(=O)N(C)[C@@H]([C@@H](C)CC)[C@@H](CC(=O)N3CCC[C@H]3[C@H](OC)[C@@H](C)C(N)=O)OC)C(C)C)C(C)C)cc2)C(C)C)C1. The van der Waals surface area contributed by atoms with Gasteiger partial charge >= 0.3 is 12.1 Å². The van der Waals surface area contributed by atoms with Crippen molar-refractivity contribution in [2.45, 2.75) is 162 Å². The average molecular weight is 1310 g/mol. The highest BCUT2D eigenvalue weighted by molar-refractivity contribution is 7.99. The number of likely N-dealkylation sites (N-methyl/N-ethyl adjacent to an activating group) is 2. The van der Waals surface area contributed by atoms with E-state index in [0.29, 0.717) is 37.1 Å². The Kier molecular flexibility index (Phi) is 32.6. The van der Waals surface area contributed by atoms with Gasteiger partial charge < -0.3 is 76.8 Å². The van der Waals surface area contributed by atoms with Gasteiger partial charge in [-0.15, -0.1) is 0 Å². The first-order valence-corrected chi connectivity index (χ1v) is 32.3. The van der Waals surface area contributed by atoms with Crippen LogP contribution in [0.3, 0.4) is 0 Å². The minimum absolute atomic E-state index is 0.0215. The highest BCUT2D eigenvalue weighted by Crippen LogP contribution is 2.30. The van der Waals surface area contributed by atoms with E-state index in [1.165, 1.54) is 40.9 Å². The van der Waals surface area contributed by atoms with E-state index < -0.39 is 125 Å². The fraction of sp³-hybridized carbons (Fsp3) is 0.651. The number of nitrogens with zero attached hydrogens (tertiary/aromatic N) is 6. The minimum Gasteiger partial charge on any atom is -0.445 e. The van der Waals surface area contributed by atoms with Crippen LogP contribution in [0, 0.1) is 29.6 Å². The molecule has 0 radical (unpaired) electrons. The first-order valence-electron chi connectivity index (χ1n) is 31.2. The topological polar surface area (TPSA) is 364 Å². The van der Waals surface area contributed by atoms with Gasteiger partial charge in [0.25, 0.3) is 0 Å².